The first-order chi connectivity index (χ1) is 8.72. The lowest BCUT2D eigenvalue weighted by Crippen LogP contribution is -2.33. The molecule has 0 spiro atoms. The summed E-state index contributed by atoms with van der Waals surface area (Å²) in [4.78, 5) is 13.7. The molecule has 0 aliphatic carbocycles. The second kappa shape index (κ2) is 7.33. The van der Waals surface area contributed by atoms with Crippen molar-refractivity contribution in [3.05, 3.63) is 29.8 Å². The van der Waals surface area contributed by atoms with Gasteiger partial charge >= 0.3 is 0 Å². The van der Waals surface area contributed by atoms with Crippen LogP contribution in [0, 0.1) is 11.3 Å². The van der Waals surface area contributed by atoms with Crippen molar-refractivity contribution in [2.45, 2.75) is 19.8 Å². The molecule has 4 heteroatoms. The summed E-state index contributed by atoms with van der Waals surface area (Å²) in [5, 5.41) is 8.71. The van der Waals surface area contributed by atoms with E-state index < -0.39 is 0 Å². The minimum absolute atomic E-state index is 0.0390. The third-order valence-electron chi connectivity index (χ3n) is 2.64. The molecule has 0 aliphatic rings. The second-order valence-electron chi connectivity index (χ2n) is 3.96. The van der Waals surface area contributed by atoms with Crippen LogP contribution in [-0.2, 0) is 11.2 Å². The van der Waals surface area contributed by atoms with Crippen molar-refractivity contribution in [1.82, 2.24) is 4.90 Å². The summed E-state index contributed by atoms with van der Waals surface area (Å²) in [6, 6.07) is 9.46. The molecule has 1 rings (SSSR count). The second-order valence-corrected chi connectivity index (χ2v) is 3.96. The van der Waals surface area contributed by atoms with E-state index in [-0.39, 0.29) is 18.9 Å². The van der Waals surface area contributed by atoms with Crippen LogP contribution in [0.25, 0.3) is 0 Å². The van der Waals surface area contributed by atoms with E-state index in [0.717, 1.165) is 12.0 Å². The molecular formula is C14H18N2O2. The van der Waals surface area contributed by atoms with Gasteiger partial charge in [-0.3, -0.25) is 4.79 Å². The number of benzene rings is 1. The fraction of sp³-hybridized carbons (Fsp3) is 0.429. The first-order valence-corrected chi connectivity index (χ1v) is 5.99. The quantitative estimate of drug-likeness (QED) is 0.721. The number of nitriles is 1. The van der Waals surface area contributed by atoms with Crippen molar-refractivity contribution in [3.63, 3.8) is 0 Å². The van der Waals surface area contributed by atoms with Crippen molar-refractivity contribution < 1.29 is 9.53 Å². The molecule has 0 heterocycles. The standard InChI is InChI=1S/C14H18N2O2/c1-3-9-16(10-8-15)14(17)11-12-6-4-5-7-13(12)18-2/h4-7H,3,9-11H2,1-2H3. The van der Waals surface area contributed by atoms with Crippen molar-refractivity contribution in [2.24, 2.45) is 0 Å². The fourth-order valence-corrected chi connectivity index (χ4v) is 1.77. The van der Waals surface area contributed by atoms with E-state index in [0.29, 0.717) is 12.3 Å². The van der Waals surface area contributed by atoms with Crippen LogP contribution in [0.1, 0.15) is 18.9 Å². The molecule has 1 amide bonds. The van der Waals surface area contributed by atoms with Crippen LogP contribution in [0.3, 0.4) is 0 Å². The van der Waals surface area contributed by atoms with Gasteiger partial charge in [-0.05, 0) is 12.5 Å². The minimum Gasteiger partial charge on any atom is -0.496 e. The molecular weight excluding hydrogens is 228 g/mol. The molecule has 18 heavy (non-hydrogen) atoms. The topological polar surface area (TPSA) is 53.3 Å². The molecule has 0 radical (unpaired) electrons. The number of ether oxygens (including phenoxy) is 1. The van der Waals surface area contributed by atoms with E-state index in [1.54, 1.807) is 12.0 Å². The zero-order chi connectivity index (χ0) is 13.4. The number of hydrogen-bond donors (Lipinski definition) is 0. The number of amides is 1. The molecule has 0 saturated heterocycles. The number of carbonyl (C=O) groups is 1. The summed E-state index contributed by atoms with van der Waals surface area (Å²) in [6.45, 7) is 2.74. The zero-order valence-electron chi connectivity index (χ0n) is 10.8. The molecule has 0 saturated carbocycles. The van der Waals surface area contributed by atoms with Gasteiger partial charge < -0.3 is 9.64 Å². The Kier molecular flexibility index (Phi) is 5.72. The zero-order valence-corrected chi connectivity index (χ0v) is 10.8. The van der Waals surface area contributed by atoms with Crippen molar-refractivity contribution in [2.75, 3.05) is 20.2 Å². The average Bonchev–Trinajstić information content (AvgIpc) is 2.39. The molecule has 0 N–H and O–H groups in total. The Balaban J connectivity index is 2.76. The van der Waals surface area contributed by atoms with Crippen LogP contribution in [-0.4, -0.2) is 31.0 Å². The van der Waals surface area contributed by atoms with Crippen LogP contribution in [0.4, 0.5) is 0 Å². The van der Waals surface area contributed by atoms with Gasteiger partial charge in [-0.25, -0.2) is 0 Å². The van der Waals surface area contributed by atoms with Crippen LogP contribution >= 0.6 is 0 Å². The van der Waals surface area contributed by atoms with Crippen LogP contribution < -0.4 is 4.74 Å². The lowest BCUT2D eigenvalue weighted by atomic mass is 10.1. The van der Waals surface area contributed by atoms with Gasteiger partial charge in [-0.1, -0.05) is 25.1 Å². The number of hydrogen-bond acceptors (Lipinski definition) is 3. The summed E-state index contributed by atoms with van der Waals surface area (Å²) < 4.78 is 5.21. The summed E-state index contributed by atoms with van der Waals surface area (Å²) >= 11 is 0. The lowest BCUT2D eigenvalue weighted by Gasteiger charge is -2.19. The highest BCUT2D eigenvalue weighted by molar-refractivity contribution is 5.79. The van der Waals surface area contributed by atoms with Gasteiger partial charge in [-0.15, -0.1) is 0 Å². The maximum atomic E-state index is 12.1. The van der Waals surface area contributed by atoms with Gasteiger partial charge in [0.25, 0.3) is 0 Å². The summed E-state index contributed by atoms with van der Waals surface area (Å²) in [7, 11) is 1.59. The van der Waals surface area contributed by atoms with Crippen LogP contribution in [0.2, 0.25) is 0 Å². The highest BCUT2D eigenvalue weighted by Crippen LogP contribution is 2.18. The Morgan fingerprint density at radius 1 is 1.44 bits per heavy atom. The summed E-state index contributed by atoms with van der Waals surface area (Å²) in [5.41, 5.74) is 0.851. The molecule has 1 aromatic rings. The normalized spacial score (nSPS) is 9.61. The van der Waals surface area contributed by atoms with Crippen LogP contribution in [0.5, 0.6) is 5.75 Å². The van der Waals surface area contributed by atoms with E-state index >= 15 is 0 Å². The van der Waals surface area contributed by atoms with Gasteiger partial charge in [0.15, 0.2) is 0 Å². The van der Waals surface area contributed by atoms with Gasteiger partial charge in [0.2, 0.25) is 5.91 Å². The summed E-state index contributed by atoms with van der Waals surface area (Å²) in [5.74, 6) is 0.669. The third-order valence-corrected chi connectivity index (χ3v) is 2.64. The Morgan fingerprint density at radius 3 is 2.78 bits per heavy atom. The Hall–Kier alpha value is -2.02. The van der Waals surface area contributed by atoms with Crippen molar-refractivity contribution in [3.8, 4) is 11.8 Å². The molecule has 0 fully saturated rings. The van der Waals surface area contributed by atoms with Gasteiger partial charge in [-0.2, -0.15) is 5.26 Å². The molecule has 4 nitrogen and oxygen atoms in total. The predicted molar refractivity (Wildman–Crippen MR) is 69.2 cm³/mol. The first kappa shape index (κ1) is 14.0. The number of rotatable bonds is 6. The maximum absolute atomic E-state index is 12.1. The maximum Gasteiger partial charge on any atom is 0.227 e. The van der Waals surface area contributed by atoms with E-state index in [9.17, 15) is 4.79 Å². The highest BCUT2D eigenvalue weighted by Gasteiger charge is 2.14. The molecule has 0 atom stereocenters. The van der Waals surface area contributed by atoms with Crippen molar-refractivity contribution in [1.29, 1.82) is 5.26 Å². The Morgan fingerprint density at radius 2 is 2.17 bits per heavy atom. The lowest BCUT2D eigenvalue weighted by molar-refractivity contribution is -0.129. The van der Waals surface area contributed by atoms with E-state index in [2.05, 4.69) is 0 Å². The smallest absolute Gasteiger partial charge is 0.227 e. The Bertz CT molecular complexity index is 438. The number of para-hydroxylation sites is 1. The Labute approximate surface area is 108 Å². The largest absolute Gasteiger partial charge is 0.496 e. The van der Waals surface area contributed by atoms with E-state index in [1.165, 1.54) is 0 Å². The number of carbonyl (C=O) groups excluding carboxylic acids is 1. The summed E-state index contributed by atoms with van der Waals surface area (Å²) in [6.07, 6.45) is 1.12. The molecule has 96 valence electrons. The third kappa shape index (κ3) is 3.77. The number of methoxy groups -OCH3 is 1. The molecule has 0 unspecified atom stereocenters. The van der Waals surface area contributed by atoms with Crippen molar-refractivity contribution >= 4 is 5.91 Å². The van der Waals surface area contributed by atoms with Gasteiger partial charge in [0, 0.05) is 12.1 Å². The van der Waals surface area contributed by atoms with E-state index in [1.807, 2.05) is 37.3 Å². The van der Waals surface area contributed by atoms with E-state index in [4.69, 9.17) is 10.00 Å². The number of nitrogens with zero attached hydrogens (tertiary/aromatic N) is 2. The molecule has 0 aromatic heterocycles. The van der Waals surface area contributed by atoms with Crippen LogP contribution in [0.15, 0.2) is 24.3 Å². The average molecular weight is 246 g/mol. The van der Waals surface area contributed by atoms with Gasteiger partial charge in [0.05, 0.1) is 19.6 Å². The monoisotopic (exact) mass is 246 g/mol. The molecule has 1 aromatic carbocycles. The van der Waals surface area contributed by atoms with Gasteiger partial charge in [0.1, 0.15) is 12.3 Å². The minimum atomic E-state index is -0.0390. The predicted octanol–water partition coefficient (Wildman–Crippen LogP) is 2.00. The highest BCUT2D eigenvalue weighted by atomic mass is 16.5. The molecule has 0 bridgehead atoms. The molecule has 0 aliphatic heterocycles. The fourth-order valence-electron chi connectivity index (χ4n) is 1.77. The first-order valence-electron chi connectivity index (χ1n) is 5.99. The SMILES string of the molecule is CCCN(CC#N)C(=O)Cc1ccccc1OC.